The van der Waals surface area contributed by atoms with Gasteiger partial charge in [-0.2, -0.15) is 5.26 Å². The van der Waals surface area contributed by atoms with Crippen LogP contribution < -0.4 is 0 Å². The number of benzene rings is 1. The summed E-state index contributed by atoms with van der Waals surface area (Å²) in [5.74, 6) is 1.09. The Labute approximate surface area is 112 Å². The molecule has 96 valence electrons. The van der Waals surface area contributed by atoms with Crippen LogP contribution in [0.15, 0.2) is 42.7 Å². The highest BCUT2D eigenvalue weighted by atomic mass is 15.2. The number of aromatic nitrogens is 2. The van der Waals surface area contributed by atoms with Crippen LogP contribution in [0.4, 0.5) is 0 Å². The Morgan fingerprint density at radius 2 is 2.11 bits per heavy atom. The average Bonchev–Trinajstić information content (AvgIpc) is 2.93. The Bertz CT molecular complexity index is 582. The summed E-state index contributed by atoms with van der Waals surface area (Å²) in [5.41, 5.74) is 1.21. The van der Waals surface area contributed by atoms with Crippen LogP contribution in [-0.2, 0) is 13.1 Å². The normalized spacial score (nSPS) is 16.6. The lowest BCUT2D eigenvalue weighted by Crippen LogP contribution is -2.36. The molecule has 0 spiro atoms. The van der Waals surface area contributed by atoms with E-state index in [2.05, 4.69) is 32.7 Å². The van der Waals surface area contributed by atoms with E-state index in [0.29, 0.717) is 6.42 Å². The van der Waals surface area contributed by atoms with Gasteiger partial charge in [0.1, 0.15) is 5.82 Å². The third kappa shape index (κ3) is 2.38. The molecule has 19 heavy (non-hydrogen) atoms. The molecule has 1 aromatic heterocycles. The fraction of sp³-hybridized carbons (Fsp3) is 0.333. The number of imidazole rings is 1. The number of hydrogen-bond acceptors (Lipinski definition) is 3. The van der Waals surface area contributed by atoms with Gasteiger partial charge in [-0.1, -0.05) is 30.3 Å². The van der Waals surface area contributed by atoms with Crippen LogP contribution in [0.5, 0.6) is 0 Å². The summed E-state index contributed by atoms with van der Waals surface area (Å²) in [6, 6.07) is 12.8. The van der Waals surface area contributed by atoms with Crippen LogP contribution in [0.1, 0.15) is 23.9 Å². The molecule has 1 aliphatic rings. The van der Waals surface area contributed by atoms with Crippen LogP contribution in [0.2, 0.25) is 0 Å². The molecule has 0 saturated heterocycles. The molecule has 2 aromatic rings. The number of hydrogen-bond donors (Lipinski definition) is 0. The van der Waals surface area contributed by atoms with Gasteiger partial charge in [0.15, 0.2) is 0 Å². The largest absolute Gasteiger partial charge is 0.333 e. The Hall–Kier alpha value is -2.12. The molecule has 0 radical (unpaired) electrons. The number of fused-ring (bicyclic) bond motifs is 1. The minimum atomic E-state index is 0.164. The van der Waals surface area contributed by atoms with Gasteiger partial charge >= 0.3 is 0 Å². The molecule has 0 bridgehead atoms. The van der Waals surface area contributed by atoms with Crippen molar-refractivity contribution < 1.29 is 0 Å². The van der Waals surface area contributed by atoms with Gasteiger partial charge in [-0.3, -0.25) is 4.90 Å². The smallest absolute Gasteiger partial charge is 0.122 e. The number of nitriles is 1. The first-order valence-corrected chi connectivity index (χ1v) is 6.54. The summed E-state index contributed by atoms with van der Waals surface area (Å²) < 4.78 is 2.19. The monoisotopic (exact) mass is 252 g/mol. The Kier molecular flexibility index (Phi) is 3.30. The Morgan fingerprint density at radius 1 is 1.26 bits per heavy atom. The van der Waals surface area contributed by atoms with Gasteiger partial charge < -0.3 is 4.57 Å². The minimum Gasteiger partial charge on any atom is -0.333 e. The van der Waals surface area contributed by atoms with Crippen molar-refractivity contribution in [3.8, 4) is 6.07 Å². The van der Waals surface area contributed by atoms with Crippen LogP contribution in [0, 0.1) is 11.3 Å². The van der Waals surface area contributed by atoms with E-state index in [-0.39, 0.29) is 6.04 Å². The fourth-order valence-corrected chi connectivity index (χ4v) is 2.68. The van der Waals surface area contributed by atoms with Gasteiger partial charge in [0, 0.05) is 31.5 Å². The second-order valence-corrected chi connectivity index (χ2v) is 4.80. The maximum Gasteiger partial charge on any atom is 0.122 e. The van der Waals surface area contributed by atoms with Gasteiger partial charge in [-0.05, 0) is 5.56 Å². The third-order valence-corrected chi connectivity index (χ3v) is 3.68. The van der Waals surface area contributed by atoms with E-state index in [1.807, 2.05) is 30.6 Å². The van der Waals surface area contributed by atoms with Gasteiger partial charge in [-0.15, -0.1) is 0 Å². The highest BCUT2D eigenvalue weighted by molar-refractivity contribution is 5.20. The summed E-state index contributed by atoms with van der Waals surface area (Å²) in [6.45, 7) is 2.73. The second-order valence-electron chi connectivity index (χ2n) is 4.80. The Morgan fingerprint density at radius 3 is 2.89 bits per heavy atom. The molecule has 2 heterocycles. The molecule has 0 N–H and O–H groups in total. The van der Waals surface area contributed by atoms with Crippen molar-refractivity contribution in [2.24, 2.45) is 0 Å². The molecule has 1 atom stereocenters. The summed E-state index contributed by atoms with van der Waals surface area (Å²) in [4.78, 5) is 6.73. The van der Waals surface area contributed by atoms with Gasteiger partial charge in [-0.25, -0.2) is 4.98 Å². The van der Waals surface area contributed by atoms with Crippen LogP contribution in [0.3, 0.4) is 0 Å². The zero-order valence-electron chi connectivity index (χ0n) is 10.7. The Balaban J connectivity index is 1.85. The van der Waals surface area contributed by atoms with Gasteiger partial charge in [0.25, 0.3) is 0 Å². The van der Waals surface area contributed by atoms with Crippen molar-refractivity contribution in [3.05, 3.63) is 54.1 Å². The number of nitrogens with zero attached hydrogens (tertiary/aromatic N) is 4. The van der Waals surface area contributed by atoms with E-state index in [9.17, 15) is 0 Å². The first-order chi connectivity index (χ1) is 9.38. The lowest BCUT2D eigenvalue weighted by atomic mass is 10.0. The molecule has 0 saturated carbocycles. The summed E-state index contributed by atoms with van der Waals surface area (Å²) in [6.07, 6.45) is 4.39. The van der Waals surface area contributed by atoms with E-state index in [4.69, 9.17) is 5.26 Å². The van der Waals surface area contributed by atoms with Crippen LogP contribution in [-0.4, -0.2) is 21.0 Å². The molecule has 3 rings (SSSR count). The van der Waals surface area contributed by atoms with Crippen molar-refractivity contribution in [3.63, 3.8) is 0 Å². The molecular formula is C15H16N4. The van der Waals surface area contributed by atoms with Crippen molar-refractivity contribution in [1.29, 1.82) is 5.26 Å². The minimum absolute atomic E-state index is 0.164. The molecule has 0 fully saturated rings. The fourth-order valence-electron chi connectivity index (χ4n) is 2.68. The summed E-state index contributed by atoms with van der Waals surface area (Å²) in [7, 11) is 0. The van der Waals surface area contributed by atoms with E-state index >= 15 is 0 Å². The maximum atomic E-state index is 9.09. The van der Waals surface area contributed by atoms with Crippen molar-refractivity contribution in [2.75, 3.05) is 6.54 Å². The predicted molar refractivity (Wildman–Crippen MR) is 72.1 cm³/mol. The highest BCUT2D eigenvalue weighted by Gasteiger charge is 2.24. The van der Waals surface area contributed by atoms with Crippen molar-refractivity contribution >= 4 is 0 Å². The molecule has 4 heteroatoms. The van der Waals surface area contributed by atoms with Crippen molar-refractivity contribution in [2.45, 2.75) is 25.6 Å². The third-order valence-electron chi connectivity index (χ3n) is 3.68. The van der Waals surface area contributed by atoms with E-state index in [1.165, 1.54) is 5.56 Å². The first kappa shape index (κ1) is 11.9. The quantitative estimate of drug-likeness (QED) is 0.842. The van der Waals surface area contributed by atoms with E-state index < -0.39 is 0 Å². The van der Waals surface area contributed by atoms with Crippen LogP contribution in [0.25, 0.3) is 0 Å². The SMILES string of the molecule is N#CCC(c1ccccc1)N1CCn2ccnc2C1. The highest BCUT2D eigenvalue weighted by Crippen LogP contribution is 2.27. The van der Waals surface area contributed by atoms with Gasteiger partial charge in [0.05, 0.1) is 19.0 Å². The standard InChI is InChI=1S/C15H16N4/c16-7-6-14(13-4-2-1-3-5-13)19-11-10-18-9-8-17-15(18)12-19/h1-5,8-9,14H,6,10-12H2. The lowest BCUT2D eigenvalue weighted by molar-refractivity contribution is 0.154. The molecule has 1 aromatic carbocycles. The number of rotatable bonds is 3. The van der Waals surface area contributed by atoms with E-state index in [1.54, 1.807) is 0 Å². The lowest BCUT2D eigenvalue weighted by Gasteiger charge is -2.34. The zero-order chi connectivity index (χ0) is 13.1. The van der Waals surface area contributed by atoms with E-state index in [0.717, 1.165) is 25.5 Å². The molecule has 4 nitrogen and oxygen atoms in total. The molecule has 1 unspecified atom stereocenters. The molecule has 0 aliphatic carbocycles. The molecular weight excluding hydrogens is 236 g/mol. The molecule has 0 amide bonds. The molecule has 1 aliphatic heterocycles. The van der Waals surface area contributed by atoms with Gasteiger partial charge in [0.2, 0.25) is 0 Å². The average molecular weight is 252 g/mol. The predicted octanol–water partition coefficient (Wildman–Crippen LogP) is 2.35. The summed E-state index contributed by atoms with van der Waals surface area (Å²) in [5, 5.41) is 9.09. The maximum absolute atomic E-state index is 9.09. The topological polar surface area (TPSA) is 44.9 Å². The summed E-state index contributed by atoms with van der Waals surface area (Å²) >= 11 is 0. The second kappa shape index (κ2) is 5.25. The first-order valence-electron chi connectivity index (χ1n) is 6.54. The zero-order valence-corrected chi connectivity index (χ0v) is 10.7. The van der Waals surface area contributed by atoms with Crippen molar-refractivity contribution in [1.82, 2.24) is 14.5 Å². The van der Waals surface area contributed by atoms with Crippen LogP contribution >= 0.6 is 0 Å².